The number of aromatic nitrogens is 1. The predicted molar refractivity (Wildman–Crippen MR) is 96.3 cm³/mol. The Kier molecular flexibility index (Phi) is 5.16. The first-order chi connectivity index (χ1) is 12.4. The van der Waals surface area contributed by atoms with Gasteiger partial charge in [-0.15, -0.1) is 0 Å². The van der Waals surface area contributed by atoms with Gasteiger partial charge in [0.1, 0.15) is 0 Å². The third-order valence-corrected chi connectivity index (χ3v) is 4.43. The van der Waals surface area contributed by atoms with Crippen LogP contribution in [0.15, 0.2) is 54.7 Å². The van der Waals surface area contributed by atoms with Crippen LogP contribution in [0.2, 0.25) is 0 Å². The van der Waals surface area contributed by atoms with E-state index < -0.39 is 11.7 Å². The standard InChI is InChI=1S/C21H20F3NO/c1-2-3-9-19(26)20-18-11-10-17(21(22,23)24)12-16(18)14-25(20)13-15-7-5-4-6-8-15/h4-8,10-12,14H,2-3,9,13H2,1H3. The molecule has 2 aromatic carbocycles. The lowest BCUT2D eigenvalue weighted by Gasteiger charge is -2.09. The zero-order chi connectivity index (χ0) is 18.7. The number of halogens is 3. The normalized spacial score (nSPS) is 11.8. The van der Waals surface area contributed by atoms with Gasteiger partial charge in [-0.2, -0.15) is 13.2 Å². The Bertz CT molecular complexity index is 910. The van der Waals surface area contributed by atoms with Crippen molar-refractivity contribution in [2.45, 2.75) is 38.9 Å². The number of carbonyl (C=O) groups is 1. The van der Waals surface area contributed by atoms with E-state index in [2.05, 4.69) is 0 Å². The van der Waals surface area contributed by atoms with E-state index >= 15 is 0 Å². The lowest BCUT2D eigenvalue weighted by molar-refractivity contribution is -0.137. The summed E-state index contributed by atoms with van der Waals surface area (Å²) in [7, 11) is 0. The quantitative estimate of drug-likeness (QED) is 0.489. The van der Waals surface area contributed by atoms with Gasteiger partial charge in [0.15, 0.2) is 5.78 Å². The smallest absolute Gasteiger partial charge is 0.340 e. The van der Waals surface area contributed by atoms with Crippen LogP contribution in [0.1, 0.15) is 47.8 Å². The molecule has 0 atom stereocenters. The van der Waals surface area contributed by atoms with Crippen LogP contribution in [0.4, 0.5) is 13.2 Å². The van der Waals surface area contributed by atoms with E-state index in [1.165, 1.54) is 6.07 Å². The fourth-order valence-electron chi connectivity index (χ4n) is 3.12. The minimum Gasteiger partial charge on any atom is -0.340 e. The summed E-state index contributed by atoms with van der Waals surface area (Å²) >= 11 is 0. The Morgan fingerprint density at radius 1 is 1.08 bits per heavy atom. The van der Waals surface area contributed by atoms with Gasteiger partial charge in [0.05, 0.1) is 11.3 Å². The first-order valence-corrected chi connectivity index (χ1v) is 8.67. The first-order valence-electron chi connectivity index (χ1n) is 8.67. The summed E-state index contributed by atoms with van der Waals surface area (Å²) in [5, 5.41) is 1.02. The lowest BCUT2D eigenvalue weighted by atomic mass is 10.0. The molecule has 0 fully saturated rings. The zero-order valence-corrected chi connectivity index (χ0v) is 14.5. The van der Waals surface area contributed by atoms with Gasteiger partial charge in [-0.05, 0) is 24.1 Å². The predicted octanol–water partition coefficient (Wildman–Crippen LogP) is 6.08. The Hall–Kier alpha value is -2.56. The van der Waals surface area contributed by atoms with Gasteiger partial charge < -0.3 is 4.57 Å². The summed E-state index contributed by atoms with van der Waals surface area (Å²) in [5.41, 5.74) is 0.786. The van der Waals surface area contributed by atoms with Crippen LogP contribution in [0.3, 0.4) is 0 Å². The Morgan fingerprint density at radius 2 is 1.81 bits per heavy atom. The summed E-state index contributed by atoms with van der Waals surface area (Å²) in [6.07, 6.45) is -0.705. The van der Waals surface area contributed by atoms with E-state index in [9.17, 15) is 18.0 Å². The number of Topliss-reactive ketones (excluding diaryl/α,β-unsaturated/α-hetero) is 1. The number of hydrogen-bond acceptors (Lipinski definition) is 1. The van der Waals surface area contributed by atoms with Crippen molar-refractivity contribution < 1.29 is 18.0 Å². The van der Waals surface area contributed by atoms with Crippen LogP contribution in [0.5, 0.6) is 0 Å². The number of ketones is 1. The summed E-state index contributed by atoms with van der Waals surface area (Å²) in [6, 6.07) is 13.2. The van der Waals surface area contributed by atoms with E-state index in [1.54, 1.807) is 10.8 Å². The second kappa shape index (κ2) is 7.36. The van der Waals surface area contributed by atoms with E-state index in [0.717, 1.165) is 30.5 Å². The lowest BCUT2D eigenvalue weighted by Crippen LogP contribution is -2.10. The van der Waals surface area contributed by atoms with Gasteiger partial charge in [-0.3, -0.25) is 4.79 Å². The number of fused-ring (bicyclic) bond motifs is 1. The SMILES string of the molecule is CCCCC(=O)c1c2ccc(C(F)(F)F)cc2cn1Cc1ccccc1. The minimum absolute atomic E-state index is 0.0301. The van der Waals surface area contributed by atoms with Crippen LogP contribution in [0, 0.1) is 0 Å². The van der Waals surface area contributed by atoms with Crippen LogP contribution in [-0.2, 0) is 12.7 Å². The molecule has 0 aliphatic heterocycles. The molecule has 0 unspecified atom stereocenters. The van der Waals surface area contributed by atoms with E-state index in [1.807, 2.05) is 37.3 Å². The molecule has 0 saturated heterocycles. The van der Waals surface area contributed by atoms with Crippen molar-refractivity contribution in [1.29, 1.82) is 0 Å². The van der Waals surface area contributed by atoms with Gasteiger partial charge in [0.2, 0.25) is 0 Å². The third-order valence-electron chi connectivity index (χ3n) is 4.43. The molecule has 0 spiro atoms. The molecule has 0 bridgehead atoms. The number of nitrogens with zero attached hydrogens (tertiary/aromatic N) is 1. The highest BCUT2D eigenvalue weighted by atomic mass is 19.4. The molecule has 0 saturated carbocycles. The molecule has 0 N–H and O–H groups in total. The van der Waals surface area contributed by atoms with Crippen molar-refractivity contribution in [2.24, 2.45) is 0 Å². The summed E-state index contributed by atoms with van der Waals surface area (Å²) in [4.78, 5) is 12.7. The van der Waals surface area contributed by atoms with Gasteiger partial charge >= 0.3 is 6.18 Å². The fourth-order valence-corrected chi connectivity index (χ4v) is 3.12. The molecule has 3 rings (SSSR count). The maximum absolute atomic E-state index is 13.0. The molecule has 1 heterocycles. The van der Waals surface area contributed by atoms with Crippen molar-refractivity contribution in [3.63, 3.8) is 0 Å². The molecule has 0 aliphatic carbocycles. The second-order valence-corrected chi connectivity index (χ2v) is 6.42. The average Bonchev–Trinajstić information content (AvgIpc) is 2.96. The number of benzene rings is 2. The molecule has 3 aromatic rings. The van der Waals surface area contributed by atoms with E-state index in [0.29, 0.717) is 29.4 Å². The molecule has 0 aliphatic rings. The molecule has 5 heteroatoms. The molecule has 2 nitrogen and oxygen atoms in total. The largest absolute Gasteiger partial charge is 0.416 e. The highest BCUT2D eigenvalue weighted by Crippen LogP contribution is 2.33. The number of hydrogen-bond donors (Lipinski definition) is 0. The highest BCUT2D eigenvalue weighted by Gasteiger charge is 2.31. The Balaban J connectivity index is 2.09. The number of alkyl halides is 3. The van der Waals surface area contributed by atoms with Crippen LogP contribution < -0.4 is 0 Å². The average molecular weight is 359 g/mol. The first kappa shape index (κ1) is 18.2. The summed E-state index contributed by atoms with van der Waals surface area (Å²) < 4.78 is 40.8. The number of carbonyl (C=O) groups excluding carboxylic acids is 1. The molecule has 26 heavy (non-hydrogen) atoms. The second-order valence-electron chi connectivity index (χ2n) is 6.42. The maximum Gasteiger partial charge on any atom is 0.416 e. The van der Waals surface area contributed by atoms with Crippen molar-refractivity contribution in [3.8, 4) is 0 Å². The molecular weight excluding hydrogens is 339 g/mol. The fraction of sp³-hybridized carbons (Fsp3) is 0.286. The van der Waals surface area contributed by atoms with Crippen molar-refractivity contribution in [1.82, 2.24) is 4.57 Å². The van der Waals surface area contributed by atoms with Gasteiger partial charge in [-0.25, -0.2) is 0 Å². The highest BCUT2D eigenvalue weighted by molar-refractivity contribution is 6.07. The van der Waals surface area contributed by atoms with Gasteiger partial charge in [0, 0.05) is 29.9 Å². The van der Waals surface area contributed by atoms with Crippen molar-refractivity contribution in [3.05, 3.63) is 71.5 Å². The number of unbranched alkanes of at least 4 members (excludes halogenated alkanes) is 1. The zero-order valence-electron chi connectivity index (χ0n) is 14.5. The summed E-state index contributed by atoms with van der Waals surface area (Å²) in [5.74, 6) is -0.0301. The van der Waals surface area contributed by atoms with Crippen molar-refractivity contribution >= 4 is 16.6 Å². The van der Waals surface area contributed by atoms with Crippen LogP contribution >= 0.6 is 0 Å². The molecular formula is C21H20F3NO. The third kappa shape index (κ3) is 3.82. The van der Waals surface area contributed by atoms with Crippen molar-refractivity contribution in [2.75, 3.05) is 0 Å². The Morgan fingerprint density at radius 3 is 2.46 bits per heavy atom. The molecule has 1 aromatic heterocycles. The summed E-state index contributed by atoms with van der Waals surface area (Å²) in [6.45, 7) is 2.45. The topological polar surface area (TPSA) is 22.0 Å². The van der Waals surface area contributed by atoms with E-state index in [-0.39, 0.29) is 5.78 Å². The number of rotatable bonds is 6. The van der Waals surface area contributed by atoms with Crippen LogP contribution in [-0.4, -0.2) is 10.4 Å². The van der Waals surface area contributed by atoms with Crippen LogP contribution in [0.25, 0.3) is 10.8 Å². The van der Waals surface area contributed by atoms with E-state index in [4.69, 9.17) is 0 Å². The van der Waals surface area contributed by atoms with Gasteiger partial charge in [0.25, 0.3) is 0 Å². The Labute approximate surface area is 150 Å². The molecule has 0 amide bonds. The maximum atomic E-state index is 13.0. The molecule has 0 radical (unpaired) electrons. The molecule has 136 valence electrons. The minimum atomic E-state index is -4.40. The van der Waals surface area contributed by atoms with Gasteiger partial charge in [-0.1, -0.05) is 49.7 Å². The monoisotopic (exact) mass is 359 g/mol.